The summed E-state index contributed by atoms with van der Waals surface area (Å²) in [6.07, 6.45) is 3.93. The van der Waals surface area contributed by atoms with E-state index >= 15 is 0 Å². The van der Waals surface area contributed by atoms with E-state index in [9.17, 15) is 18.7 Å². The second-order valence-corrected chi connectivity index (χ2v) is 5.44. The van der Waals surface area contributed by atoms with Crippen LogP contribution in [0.25, 0.3) is 6.08 Å². The Morgan fingerprint density at radius 2 is 1.86 bits per heavy atom. The van der Waals surface area contributed by atoms with Crippen molar-refractivity contribution in [1.29, 1.82) is 0 Å². The fraction of sp³-hybridized carbons (Fsp3) is 0.438. The van der Waals surface area contributed by atoms with Gasteiger partial charge in [-0.05, 0) is 49.5 Å². The van der Waals surface area contributed by atoms with E-state index in [0.29, 0.717) is 18.7 Å². The number of piperidine rings is 1. The first-order chi connectivity index (χ1) is 9.95. The van der Waals surface area contributed by atoms with Gasteiger partial charge in [-0.25, -0.2) is 8.78 Å². The SMILES string of the molecule is CC(O)C1CCN(C(=O)/C=C/c2cc(F)cc(F)c2)CC1. The maximum atomic E-state index is 13.0. The van der Waals surface area contributed by atoms with Crippen LogP contribution in [0.2, 0.25) is 0 Å². The Labute approximate surface area is 122 Å². The van der Waals surface area contributed by atoms with E-state index in [0.717, 1.165) is 18.9 Å². The lowest BCUT2D eigenvalue weighted by Crippen LogP contribution is -2.39. The minimum Gasteiger partial charge on any atom is -0.393 e. The van der Waals surface area contributed by atoms with Crippen LogP contribution in [0.4, 0.5) is 8.78 Å². The van der Waals surface area contributed by atoms with E-state index in [4.69, 9.17) is 0 Å². The van der Waals surface area contributed by atoms with Gasteiger partial charge in [0.25, 0.3) is 0 Å². The molecule has 114 valence electrons. The molecule has 0 aromatic heterocycles. The lowest BCUT2D eigenvalue weighted by Gasteiger charge is -2.32. The summed E-state index contributed by atoms with van der Waals surface area (Å²) in [5.41, 5.74) is 0.319. The highest BCUT2D eigenvalue weighted by Gasteiger charge is 2.24. The van der Waals surface area contributed by atoms with E-state index in [1.54, 1.807) is 11.8 Å². The summed E-state index contributed by atoms with van der Waals surface area (Å²) in [6.45, 7) is 2.95. The third kappa shape index (κ3) is 4.36. The van der Waals surface area contributed by atoms with Gasteiger partial charge in [0.2, 0.25) is 5.91 Å². The average Bonchev–Trinajstić information content (AvgIpc) is 2.44. The van der Waals surface area contributed by atoms with Gasteiger partial charge in [0.05, 0.1) is 6.10 Å². The molecule has 0 radical (unpaired) electrons. The van der Waals surface area contributed by atoms with E-state index < -0.39 is 11.6 Å². The van der Waals surface area contributed by atoms with Crippen LogP contribution in [-0.2, 0) is 4.79 Å². The lowest BCUT2D eigenvalue weighted by atomic mass is 9.92. The molecule has 1 aliphatic rings. The number of amides is 1. The van der Waals surface area contributed by atoms with Crippen LogP contribution in [0.5, 0.6) is 0 Å². The predicted octanol–water partition coefficient (Wildman–Crippen LogP) is 2.60. The first kappa shape index (κ1) is 15.6. The van der Waals surface area contributed by atoms with Gasteiger partial charge in [-0.2, -0.15) is 0 Å². The van der Waals surface area contributed by atoms with Crippen molar-refractivity contribution in [3.8, 4) is 0 Å². The van der Waals surface area contributed by atoms with Crippen molar-refractivity contribution in [2.75, 3.05) is 13.1 Å². The predicted molar refractivity (Wildman–Crippen MR) is 76.4 cm³/mol. The zero-order valence-corrected chi connectivity index (χ0v) is 11.9. The van der Waals surface area contributed by atoms with Crippen LogP contribution in [0.15, 0.2) is 24.3 Å². The highest BCUT2D eigenvalue weighted by molar-refractivity contribution is 5.91. The summed E-state index contributed by atoms with van der Waals surface area (Å²) in [5, 5.41) is 9.52. The van der Waals surface area contributed by atoms with Crippen molar-refractivity contribution < 1.29 is 18.7 Å². The molecule has 1 heterocycles. The average molecular weight is 295 g/mol. The number of carbonyl (C=O) groups excluding carboxylic acids is 1. The number of benzene rings is 1. The van der Waals surface area contributed by atoms with Gasteiger partial charge in [0, 0.05) is 25.2 Å². The van der Waals surface area contributed by atoms with Crippen molar-refractivity contribution >= 4 is 12.0 Å². The Kier molecular flexibility index (Phi) is 5.07. The molecule has 3 nitrogen and oxygen atoms in total. The molecule has 1 aliphatic heterocycles. The normalized spacial score (nSPS) is 18.2. The lowest BCUT2D eigenvalue weighted by molar-refractivity contribution is -0.127. The highest BCUT2D eigenvalue weighted by atomic mass is 19.1. The van der Waals surface area contributed by atoms with E-state index in [-0.39, 0.29) is 17.9 Å². The Morgan fingerprint density at radius 1 is 1.29 bits per heavy atom. The number of hydrogen-bond acceptors (Lipinski definition) is 2. The van der Waals surface area contributed by atoms with Crippen molar-refractivity contribution in [3.63, 3.8) is 0 Å². The molecule has 1 fully saturated rings. The fourth-order valence-electron chi connectivity index (χ4n) is 2.55. The molecule has 1 atom stereocenters. The first-order valence-corrected chi connectivity index (χ1v) is 7.07. The van der Waals surface area contributed by atoms with Crippen LogP contribution in [-0.4, -0.2) is 35.1 Å². The zero-order chi connectivity index (χ0) is 15.4. The quantitative estimate of drug-likeness (QED) is 0.871. The van der Waals surface area contributed by atoms with Crippen LogP contribution >= 0.6 is 0 Å². The summed E-state index contributed by atoms with van der Waals surface area (Å²) >= 11 is 0. The van der Waals surface area contributed by atoms with Gasteiger partial charge in [-0.1, -0.05) is 0 Å². The minimum absolute atomic E-state index is 0.177. The second kappa shape index (κ2) is 6.80. The summed E-state index contributed by atoms with van der Waals surface area (Å²) in [7, 11) is 0. The molecule has 1 amide bonds. The minimum atomic E-state index is -0.667. The Hall–Kier alpha value is -1.75. The number of nitrogens with zero attached hydrogens (tertiary/aromatic N) is 1. The van der Waals surface area contributed by atoms with Crippen molar-refractivity contribution in [2.24, 2.45) is 5.92 Å². The number of carbonyl (C=O) groups is 1. The van der Waals surface area contributed by atoms with Crippen molar-refractivity contribution in [1.82, 2.24) is 4.90 Å². The molecule has 0 bridgehead atoms. The van der Waals surface area contributed by atoms with Gasteiger partial charge in [-0.15, -0.1) is 0 Å². The van der Waals surface area contributed by atoms with Crippen LogP contribution in [0.3, 0.4) is 0 Å². The molecule has 2 rings (SSSR count). The van der Waals surface area contributed by atoms with Crippen molar-refractivity contribution in [2.45, 2.75) is 25.9 Å². The molecule has 21 heavy (non-hydrogen) atoms. The summed E-state index contributed by atoms with van der Waals surface area (Å²) in [4.78, 5) is 13.7. The van der Waals surface area contributed by atoms with Crippen LogP contribution < -0.4 is 0 Å². The maximum Gasteiger partial charge on any atom is 0.246 e. The van der Waals surface area contributed by atoms with Gasteiger partial charge in [0.1, 0.15) is 11.6 Å². The smallest absolute Gasteiger partial charge is 0.246 e. The van der Waals surface area contributed by atoms with E-state index in [2.05, 4.69) is 0 Å². The summed E-state index contributed by atoms with van der Waals surface area (Å²) in [5.74, 6) is -1.28. The zero-order valence-electron chi connectivity index (χ0n) is 11.9. The molecular formula is C16H19F2NO2. The maximum absolute atomic E-state index is 13.0. The third-order valence-electron chi connectivity index (χ3n) is 3.84. The molecular weight excluding hydrogens is 276 g/mol. The molecule has 0 saturated carbocycles. The number of likely N-dealkylation sites (tertiary alicyclic amines) is 1. The van der Waals surface area contributed by atoms with E-state index in [1.165, 1.54) is 24.3 Å². The number of hydrogen-bond donors (Lipinski definition) is 1. The van der Waals surface area contributed by atoms with Crippen molar-refractivity contribution in [3.05, 3.63) is 41.5 Å². The Morgan fingerprint density at radius 3 is 2.38 bits per heavy atom. The second-order valence-electron chi connectivity index (χ2n) is 5.44. The molecule has 0 spiro atoms. The number of aliphatic hydroxyl groups excluding tert-OH is 1. The molecule has 1 N–H and O–H groups in total. The van der Waals surface area contributed by atoms with Crippen LogP contribution in [0.1, 0.15) is 25.3 Å². The van der Waals surface area contributed by atoms with Gasteiger partial charge in [-0.3, -0.25) is 4.79 Å². The monoisotopic (exact) mass is 295 g/mol. The number of aliphatic hydroxyl groups is 1. The largest absolute Gasteiger partial charge is 0.393 e. The molecule has 5 heteroatoms. The Balaban J connectivity index is 1.94. The van der Waals surface area contributed by atoms with E-state index in [1.807, 2.05) is 0 Å². The standard InChI is InChI=1S/C16H19F2NO2/c1-11(20)13-4-6-19(7-5-13)16(21)3-2-12-8-14(17)10-15(18)9-12/h2-3,8-11,13,20H,4-7H2,1H3/b3-2+. The van der Waals surface area contributed by atoms with Gasteiger partial charge >= 0.3 is 0 Å². The summed E-state index contributed by atoms with van der Waals surface area (Å²) < 4.78 is 26.1. The third-order valence-corrected chi connectivity index (χ3v) is 3.84. The van der Waals surface area contributed by atoms with Gasteiger partial charge < -0.3 is 10.0 Å². The summed E-state index contributed by atoms with van der Waals surface area (Å²) in [6, 6.07) is 3.14. The molecule has 1 aromatic rings. The van der Waals surface area contributed by atoms with Crippen LogP contribution in [0, 0.1) is 17.6 Å². The Bertz CT molecular complexity index is 515. The number of halogens is 2. The molecule has 0 aliphatic carbocycles. The van der Waals surface area contributed by atoms with Gasteiger partial charge in [0.15, 0.2) is 0 Å². The number of rotatable bonds is 3. The first-order valence-electron chi connectivity index (χ1n) is 7.07. The highest BCUT2D eigenvalue weighted by Crippen LogP contribution is 2.20. The topological polar surface area (TPSA) is 40.5 Å². The molecule has 1 unspecified atom stereocenters. The molecule has 1 saturated heterocycles. The fourth-order valence-corrected chi connectivity index (χ4v) is 2.55. The molecule has 1 aromatic carbocycles.